The number of ether oxygens (including phenoxy) is 1. The summed E-state index contributed by atoms with van der Waals surface area (Å²) in [7, 11) is 0. The van der Waals surface area contributed by atoms with Crippen LogP contribution in [0.15, 0.2) is 24.3 Å². The van der Waals surface area contributed by atoms with Crippen molar-refractivity contribution in [3.8, 4) is 0 Å². The van der Waals surface area contributed by atoms with Crippen LogP contribution in [-0.4, -0.2) is 71.9 Å². The number of piperidine rings is 1. The van der Waals surface area contributed by atoms with Crippen molar-refractivity contribution in [2.24, 2.45) is 5.92 Å². The molecule has 0 aromatic heterocycles. The molecule has 1 aromatic rings. The highest BCUT2D eigenvalue weighted by Crippen LogP contribution is 2.30. The maximum Gasteiger partial charge on any atom is 0.416 e. The highest BCUT2D eigenvalue weighted by Gasteiger charge is 2.35. The fourth-order valence-corrected chi connectivity index (χ4v) is 3.92. The molecule has 2 fully saturated rings. The van der Waals surface area contributed by atoms with Crippen molar-refractivity contribution >= 4 is 17.9 Å². The van der Waals surface area contributed by atoms with Gasteiger partial charge in [-0.2, -0.15) is 13.2 Å². The highest BCUT2D eigenvalue weighted by molar-refractivity contribution is 5.84. The molecule has 3 amide bonds. The van der Waals surface area contributed by atoms with Crippen LogP contribution in [0.1, 0.15) is 30.9 Å². The molecule has 0 saturated carbocycles. The molecule has 7 nitrogen and oxygen atoms in total. The molecular weight excluding hydrogens is 415 g/mol. The van der Waals surface area contributed by atoms with Crippen molar-refractivity contribution in [3.05, 3.63) is 35.4 Å². The van der Waals surface area contributed by atoms with E-state index in [9.17, 15) is 27.6 Å². The Labute approximate surface area is 178 Å². The van der Waals surface area contributed by atoms with Gasteiger partial charge in [-0.15, -0.1) is 0 Å². The number of carbonyl (C=O) groups excluding carboxylic acids is 3. The number of amides is 3. The molecule has 2 saturated heterocycles. The second kappa shape index (κ2) is 9.57. The summed E-state index contributed by atoms with van der Waals surface area (Å²) in [5.41, 5.74) is -0.388. The second-order valence-corrected chi connectivity index (χ2v) is 7.72. The van der Waals surface area contributed by atoms with E-state index in [-0.39, 0.29) is 37.9 Å². The fraction of sp³-hybridized carbons (Fsp3) is 0.571. The zero-order chi connectivity index (χ0) is 22.6. The number of rotatable bonds is 4. The maximum absolute atomic E-state index is 13.0. The van der Waals surface area contributed by atoms with Crippen LogP contribution in [0.2, 0.25) is 0 Å². The summed E-state index contributed by atoms with van der Waals surface area (Å²) >= 11 is 0. The van der Waals surface area contributed by atoms with Crippen molar-refractivity contribution in [1.82, 2.24) is 14.7 Å². The number of piperazine rings is 1. The average molecular weight is 441 g/mol. The van der Waals surface area contributed by atoms with Gasteiger partial charge in [0.15, 0.2) is 0 Å². The Balaban J connectivity index is 1.59. The van der Waals surface area contributed by atoms with Crippen molar-refractivity contribution in [1.29, 1.82) is 0 Å². The summed E-state index contributed by atoms with van der Waals surface area (Å²) in [6, 6.07) is 4.89. The first-order valence-electron chi connectivity index (χ1n) is 10.3. The lowest BCUT2D eigenvalue weighted by molar-refractivity contribution is -0.144. The summed E-state index contributed by atoms with van der Waals surface area (Å²) in [6.45, 7) is 3.75. The number of nitrogens with zero attached hydrogens (tertiary/aromatic N) is 3. The monoisotopic (exact) mass is 441 g/mol. The molecular formula is C21H26F3N3O4. The van der Waals surface area contributed by atoms with Gasteiger partial charge in [0.1, 0.15) is 0 Å². The Hall–Kier alpha value is -2.78. The molecule has 31 heavy (non-hydrogen) atoms. The molecule has 1 atom stereocenters. The molecule has 0 spiro atoms. The third-order valence-corrected chi connectivity index (χ3v) is 5.59. The van der Waals surface area contributed by atoms with E-state index in [0.717, 1.165) is 12.1 Å². The fourth-order valence-electron chi connectivity index (χ4n) is 3.92. The van der Waals surface area contributed by atoms with E-state index in [0.29, 0.717) is 38.2 Å². The lowest BCUT2D eigenvalue weighted by Gasteiger charge is -2.38. The van der Waals surface area contributed by atoms with Gasteiger partial charge in [-0.25, -0.2) is 4.79 Å². The molecule has 2 heterocycles. The molecule has 0 unspecified atom stereocenters. The van der Waals surface area contributed by atoms with Gasteiger partial charge in [0.2, 0.25) is 11.8 Å². The molecule has 0 bridgehead atoms. The van der Waals surface area contributed by atoms with E-state index in [2.05, 4.69) is 0 Å². The molecule has 0 aliphatic carbocycles. The maximum atomic E-state index is 13.0. The number of benzene rings is 1. The van der Waals surface area contributed by atoms with Crippen LogP contribution in [0.3, 0.4) is 0 Å². The van der Waals surface area contributed by atoms with Gasteiger partial charge in [0.25, 0.3) is 0 Å². The van der Waals surface area contributed by atoms with Gasteiger partial charge in [0, 0.05) is 45.7 Å². The minimum absolute atomic E-state index is 0.0309. The van der Waals surface area contributed by atoms with Gasteiger partial charge < -0.3 is 19.4 Å². The van der Waals surface area contributed by atoms with Crippen LogP contribution in [0.4, 0.5) is 18.0 Å². The first kappa shape index (κ1) is 22.9. The van der Waals surface area contributed by atoms with Gasteiger partial charge in [-0.05, 0) is 31.0 Å². The van der Waals surface area contributed by atoms with E-state index < -0.39 is 23.8 Å². The van der Waals surface area contributed by atoms with Crippen molar-refractivity contribution in [2.45, 2.75) is 32.5 Å². The lowest BCUT2D eigenvalue weighted by Crippen LogP contribution is -2.54. The smallest absolute Gasteiger partial charge is 0.416 e. The topological polar surface area (TPSA) is 70.2 Å². The second-order valence-electron chi connectivity index (χ2n) is 7.72. The quantitative estimate of drug-likeness (QED) is 0.721. The van der Waals surface area contributed by atoms with Crippen molar-refractivity contribution in [2.75, 3.05) is 39.3 Å². The molecule has 0 radical (unpaired) electrons. The van der Waals surface area contributed by atoms with Crippen LogP contribution < -0.4 is 0 Å². The summed E-state index contributed by atoms with van der Waals surface area (Å²) in [6.07, 6.45) is -4.26. The summed E-state index contributed by atoms with van der Waals surface area (Å²) < 4.78 is 43.8. The number of hydrogen-bond donors (Lipinski definition) is 0. The Morgan fingerprint density at radius 3 is 2.45 bits per heavy atom. The molecule has 170 valence electrons. The first-order chi connectivity index (χ1) is 14.7. The molecule has 2 aliphatic rings. The highest BCUT2D eigenvalue weighted by atomic mass is 19.4. The Bertz CT molecular complexity index is 822. The predicted octanol–water partition coefficient (Wildman–Crippen LogP) is 2.74. The number of likely N-dealkylation sites (tertiary alicyclic amines) is 1. The van der Waals surface area contributed by atoms with Gasteiger partial charge in [-0.1, -0.05) is 12.1 Å². The summed E-state index contributed by atoms with van der Waals surface area (Å²) in [4.78, 5) is 41.8. The Kier molecular flexibility index (Phi) is 7.07. The Morgan fingerprint density at radius 1 is 1.13 bits per heavy atom. The summed E-state index contributed by atoms with van der Waals surface area (Å²) in [5, 5.41) is 0. The molecule has 0 N–H and O–H groups in total. The predicted molar refractivity (Wildman–Crippen MR) is 105 cm³/mol. The van der Waals surface area contributed by atoms with Gasteiger partial charge in [0.05, 0.1) is 18.1 Å². The van der Waals surface area contributed by atoms with Gasteiger partial charge >= 0.3 is 12.3 Å². The van der Waals surface area contributed by atoms with E-state index in [1.807, 2.05) is 0 Å². The van der Waals surface area contributed by atoms with Crippen LogP contribution >= 0.6 is 0 Å². The zero-order valence-corrected chi connectivity index (χ0v) is 17.4. The number of carbonyl (C=O) groups is 3. The molecule has 10 heteroatoms. The van der Waals surface area contributed by atoms with Crippen molar-refractivity contribution < 1.29 is 32.3 Å². The summed E-state index contributed by atoms with van der Waals surface area (Å²) in [5.74, 6) is -0.670. The van der Waals surface area contributed by atoms with Crippen LogP contribution in [-0.2, 0) is 27.0 Å². The van der Waals surface area contributed by atoms with E-state index in [1.54, 1.807) is 22.8 Å². The van der Waals surface area contributed by atoms with Crippen LogP contribution in [0, 0.1) is 5.92 Å². The Morgan fingerprint density at radius 2 is 1.81 bits per heavy atom. The number of alkyl halides is 3. The zero-order valence-electron chi connectivity index (χ0n) is 17.4. The number of halogens is 3. The van der Waals surface area contributed by atoms with Crippen LogP contribution in [0.5, 0.6) is 0 Å². The molecule has 3 rings (SSSR count). The van der Waals surface area contributed by atoms with Crippen LogP contribution in [0.25, 0.3) is 0 Å². The minimum atomic E-state index is -4.45. The van der Waals surface area contributed by atoms with Crippen molar-refractivity contribution in [3.63, 3.8) is 0 Å². The lowest BCUT2D eigenvalue weighted by atomic mass is 9.95. The molecule has 1 aromatic carbocycles. The van der Waals surface area contributed by atoms with E-state index >= 15 is 0 Å². The normalized spacial score (nSPS) is 20.1. The minimum Gasteiger partial charge on any atom is -0.450 e. The van der Waals surface area contributed by atoms with E-state index in [4.69, 9.17) is 4.74 Å². The molecule has 2 aliphatic heterocycles. The third-order valence-electron chi connectivity index (χ3n) is 5.59. The largest absolute Gasteiger partial charge is 0.450 e. The number of hydrogen-bond acceptors (Lipinski definition) is 4. The standard InChI is InChI=1S/C21H26F3N3O4/c1-2-31-20(30)26-10-8-25(9-11-26)19(29)16-6-7-18(28)27(14-16)13-15-4-3-5-17(12-15)21(22,23)24/h3-5,12,16H,2,6-11,13-14H2,1H3/t16-/m1/s1. The average Bonchev–Trinajstić information content (AvgIpc) is 2.75. The van der Waals surface area contributed by atoms with E-state index in [1.165, 1.54) is 11.0 Å². The third kappa shape index (κ3) is 5.68. The van der Waals surface area contributed by atoms with Gasteiger partial charge in [-0.3, -0.25) is 9.59 Å². The first-order valence-corrected chi connectivity index (χ1v) is 10.3. The SMILES string of the molecule is CCOC(=O)N1CCN(C(=O)[C@@H]2CCC(=O)N(Cc3cccc(C(F)(F)F)c3)C2)CC1.